The fourth-order valence-electron chi connectivity index (χ4n) is 3.73. The molecule has 0 saturated carbocycles. The molecule has 0 saturated heterocycles. The van der Waals surface area contributed by atoms with E-state index in [0.717, 1.165) is 5.56 Å². The summed E-state index contributed by atoms with van der Waals surface area (Å²) in [5, 5.41) is 13.0. The molecule has 0 spiro atoms. The van der Waals surface area contributed by atoms with Crippen molar-refractivity contribution in [3.63, 3.8) is 0 Å². The number of hydrogen-bond acceptors (Lipinski definition) is 6. The molecule has 5 aromatic rings. The second kappa shape index (κ2) is 10.0. The molecule has 10 heteroatoms. The van der Waals surface area contributed by atoms with Crippen LogP contribution in [0.2, 0.25) is 5.02 Å². The zero-order valence-corrected chi connectivity index (χ0v) is 19.7. The Morgan fingerprint density at radius 3 is 2.54 bits per heavy atom. The molecule has 0 radical (unpaired) electrons. The van der Waals surface area contributed by atoms with E-state index >= 15 is 0 Å². The van der Waals surface area contributed by atoms with Gasteiger partial charge in [0.1, 0.15) is 22.7 Å². The Kier molecular flexibility index (Phi) is 6.49. The Morgan fingerprint density at radius 1 is 1.00 bits per heavy atom. The number of fused-ring (bicyclic) bond motifs is 1. The van der Waals surface area contributed by atoms with Crippen molar-refractivity contribution in [3.05, 3.63) is 118 Å². The van der Waals surface area contributed by atoms with E-state index in [1.165, 1.54) is 41.1 Å². The lowest BCUT2D eigenvalue weighted by atomic mass is 10.2. The van der Waals surface area contributed by atoms with Crippen molar-refractivity contribution in [1.29, 1.82) is 5.26 Å². The maximum Gasteiger partial charge on any atom is 0.262 e. The number of anilines is 2. The summed E-state index contributed by atoms with van der Waals surface area (Å²) in [6.45, 7) is 0.245. The zero-order chi connectivity index (χ0) is 25.9. The number of rotatable bonds is 6. The highest BCUT2D eigenvalue weighted by Crippen LogP contribution is 2.33. The van der Waals surface area contributed by atoms with Crippen molar-refractivity contribution in [2.75, 3.05) is 5.32 Å². The number of halogens is 3. The van der Waals surface area contributed by atoms with Gasteiger partial charge in [0.05, 0.1) is 11.9 Å². The van der Waals surface area contributed by atoms with Crippen LogP contribution in [0.5, 0.6) is 11.5 Å². The van der Waals surface area contributed by atoms with Crippen molar-refractivity contribution in [1.82, 2.24) is 14.5 Å². The van der Waals surface area contributed by atoms with Gasteiger partial charge >= 0.3 is 0 Å². The predicted octanol–water partition coefficient (Wildman–Crippen LogP) is 6.18. The van der Waals surface area contributed by atoms with Crippen LogP contribution in [0.4, 0.5) is 20.3 Å². The maximum absolute atomic E-state index is 14.9. The average molecular weight is 516 g/mol. The van der Waals surface area contributed by atoms with Gasteiger partial charge in [0, 0.05) is 36.4 Å². The van der Waals surface area contributed by atoms with Crippen LogP contribution in [0, 0.1) is 23.0 Å². The van der Waals surface area contributed by atoms with Gasteiger partial charge in [0.15, 0.2) is 23.0 Å². The number of nitriles is 1. The monoisotopic (exact) mass is 515 g/mol. The van der Waals surface area contributed by atoms with Gasteiger partial charge in [0.25, 0.3) is 5.56 Å². The minimum absolute atomic E-state index is 0.0246. The standard InChI is InChI=1S/C27H16ClF2N5O2/c28-25-21(14-31)32-11-8-23(25)37-22-6-5-19(13-20(22)30)34-26-24-17(7-10-33-26)9-12-35(27(24)36)15-16-1-3-18(29)4-2-16/h1-13H,15H2,(H,33,34). The van der Waals surface area contributed by atoms with Crippen LogP contribution in [0.15, 0.2) is 84.0 Å². The van der Waals surface area contributed by atoms with Gasteiger partial charge in [-0.15, -0.1) is 0 Å². The lowest BCUT2D eigenvalue weighted by Crippen LogP contribution is -2.21. The fraction of sp³-hybridized carbons (Fsp3) is 0.0370. The fourth-order valence-corrected chi connectivity index (χ4v) is 3.92. The molecule has 7 nitrogen and oxygen atoms in total. The van der Waals surface area contributed by atoms with E-state index < -0.39 is 5.82 Å². The van der Waals surface area contributed by atoms with Crippen molar-refractivity contribution in [2.45, 2.75) is 6.54 Å². The molecule has 0 unspecified atom stereocenters. The molecule has 0 fully saturated rings. The highest BCUT2D eigenvalue weighted by atomic mass is 35.5. The summed E-state index contributed by atoms with van der Waals surface area (Å²) >= 11 is 6.09. The van der Waals surface area contributed by atoms with Crippen LogP contribution in [-0.4, -0.2) is 14.5 Å². The van der Waals surface area contributed by atoms with E-state index in [9.17, 15) is 13.6 Å². The van der Waals surface area contributed by atoms with Gasteiger partial charge in [-0.05, 0) is 47.3 Å². The quantitative estimate of drug-likeness (QED) is 0.290. The van der Waals surface area contributed by atoms with Crippen LogP contribution in [0.1, 0.15) is 11.3 Å². The smallest absolute Gasteiger partial charge is 0.262 e. The first-order valence-electron chi connectivity index (χ1n) is 10.9. The first-order valence-corrected chi connectivity index (χ1v) is 11.3. The molecule has 2 aromatic carbocycles. The molecule has 37 heavy (non-hydrogen) atoms. The predicted molar refractivity (Wildman–Crippen MR) is 135 cm³/mol. The summed E-state index contributed by atoms with van der Waals surface area (Å²) < 4.78 is 35.2. The number of pyridine rings is 3. The van der Waals surface area contributed by atoms with Crippen molar-refractivity contribution in [3.8, 4) is 17.6 Å². The van der Waals surface area contributed by atoms with Crippen molar-refractivity contribution >= 4 is 33.9 Å². The second-order valence-corrected chi connectivity index (χ2v) is 8.33. The summed E-state index contributed by atoms with van der Waals surface area (Å²) in [7, 11) is 0. The first kappa shape index (κ1) is 23.9. The van der Waals surface area contributed by atoms with Crippen LogP contribution >= 0.6 is 11.6 Å². The lowest BCUT2D eigenvalue weighted by molar-refractivity contribution is 0.442. The Labute approximate surface area is 214 Å². The second-order valence-electron chi connectivity index (χ2n) is 7.95. The molecule has 3 aromatic heterocycles. The number of benzene rings is 2. The van der Waals surface area contributed by atoms with Gasteiger partial charge in [0.2, 0.25) is 0 Å². The van der Waals surface area contributed by atoms with Crippen LogP contribution in [0.3, 0.4) is 0 Å². The molecule has 3 heterocycles. The molecule has 182 valence electrons. The third-order valence-electron chi connectivity index (χ3n) is 5.53. The Morgan fingerprint density at radius 2 is 1.78 bits per heavy atom. The van der Waals surface area contributed by atoms with Crippen molar-refractivity contribution in [2.24, 2.45) is 0 Å². The largest absolute Gasteiger partial charge is 0.453 e. The van der Waals surface area contributed by atoms with Crippen molar-refractivity contribution < 1.29 is 13.5 Å². The topological polar surface area (TPSA) is 92.8 Å². The molecular formula is C27H16ClF2N5O2. The zero-order valence-electron chi connectivity index (χ0n) is 19.0. The van der Waals surface area contributed by atoms with E-state index in [0.29, 0.717) is 16.5 Å². The minimum Gasteiger partial charge on any atom is -0.453 e. The molecule has 0 amide bonds. The maximum atomic E-state index is 14.9. The average Bonchev–Trinajstić information content (AvgIpc) is 2.89. The molecule has 5 rings (SSSR count). The Hall–Kier alpha value is -4.81. The summed E-state index contributed by atoms with van der Waals surface area (Å²) in [5.41, 5.74) is 0.746. The third kappa shape index (κ3) is 4.96. The van der Waals surface area contributed by atoms with Crippen LogP contribution < -0.4 is 15.6 Å². The van der Waals surface area contributed by atoms with E-state index in [1.807, 2.05) is 6.07 Å². The van der Waals surface area contributed by atoms with Gasteiger partial charge in [-0.2, -0.15) is 5.26 Å². The number of nitrogens with zero attached hydrogens (tertiary/aromatic N) is 4. The van der Waals surface area contributed by atoms with Gasteiger partial charge in [-0.1, -0.05) is 23.7 Å². The van der Waals surface area contributed by atoms with E-state index in [-0.39, 0.29) is 46.0 Å². The van der Waals surface area contributed by atoms with Gasteiger partial charge in [-0.3, -0.25) is 4.79 Å². The summed E-state index contributed by atoms with van der Waals surface area (Å²) in [6.07, 6.45) is 4.54. The number of hydrogen-bond donors (Lipinski definition) is 1. The van der Waals surface area contributed by atoms with Crippen LogP contribution in [0.25, 0.3) is 10.8 Å². The molecule has 0 aliphatic rings. The molecule has 0 aliphatic heterocycles. The first-order chi connectivity index (χ1) is 17.9. The number of aromatic nitrogens is 3. The summed E-state index contributed by atoms with van der Waals surface area (Å²) in [4.78, 5) is 21.4. The molecule has 0 atom stereocenters. The third-order valence-corrected chi connectivity index (χ3v) is 5.90. The molecule has 0 bridgehead atoms. The minimum atomic E-state index is -0.703. The van der Waals surface area contributed by atoms with Gasteiger partial charge < -0.3 is 14.6 Å². The van der Waals surface area contributed by atoms with E-state index in [4.69, 9.17) is 21.6 Å². The summed E-state index contributed by atoms with van der Waals surface area (Å²) in [5.74, 6) is -0.838. The molecule has 1 N–H and O–H groups in total. The highest BCUT2D eigenvalue weighted by Gasteiger charge is 2.14. The molecular weight excluding hydrogens is 500 g/mol. The highest BCUT2D eigenvalue weighted by molar-refractivity contribution is 6.33. The van der Waals surface area contributed by atoms with E-state index in [2.05, 4.69) is 15.3 Å². The molecule has 0 aliphatic carbocycles. The number of nitrogens with one attached hydrogen (secondary N) is 1. The SMILES string of the molecule is N#Cc1nccc(Oc2ccc(Nc3nccc4ccn(Cc5ccc(F)cc5)c(=O)c34)cc2F)c1Cl. The Balaban J connectivity index is 1.44. The Bertz CT molecular complexity index is 1730. The normalized spacial score (nSPS) is 10.8. The number of ether oxygens (including phenoxy) is 1. The summed E-state index contributed by atoms with van der Waals surface area (Å²) in [6, 6.07) is 16.8. The lowest BCUT2D eigenvalue weighted by Gasteiger charge is -2.13. The van der Waals surface area contributed by atoms with Crippen LogP contribution in [-0.2, 0) is 6.54 Å². The van der Waals surface area contributed by atoms with E-state index in [1.54, 1.807) is 42.7 Å². The van der Waals surface area contributed by atoms with Gasteiger partial charge in [-0.25, -0.2) is 18.7 Å².